The largest absolute Gasteiger partial charge is 0.497 e. The van der Waals surface area contributed by atoms with Crippen LogP contribution in [0.1, 0.15) is 18.9 Å². The fourth-order valence-electron chi connectivity index (χ4n) is 2.70. The monoisotopic (exact) mass is 388 g/mol. The average Bonchev–Trinajstić information content (AvgIpc) is 2.66. The van der Waals surface area contributed by atoms with Gasteiger partial charge in [0.15, 0.2) is 12.4 Å². The summed E-state index contributed by atoms with van der Waals surface area (Å²) in [5.74, 6) is -1.27. The van der Waals surface area contributed by atoms with Gasteiger partial charge in [0.05, 0.1) is 24.0 Å². The number of nitrogens with zero attached hydrogens (tertiary/aromatic N) is 1. The summed E-state index contributed by atoms with van der Waals surface area (Å²) >= 11 is 0. The summed E-state index contributed by atoms with van der Waals surface area (Å²) in [4.78, 5) is 34.1. The fourth-order valence-corrected chi connectivity index (χ4v) is 2.70. The topological polar surface area (TPSA) is 128 Å². The smallest absolute Gasteiger partial charge is 0.310 e. The van der Waals surface area contributed by atoms with Gasteiger partial charge in [-0.1, -0.05) is 24.3 Å². The fraction of sp³-hybridized carbons (Fsp3) is 0.263. The first-order chi connectivity index (χ1) is 13.2. The van der Waals surface area contributed by atoms with E-state index in [2.05, 4.69) is 5.32 Å². The number of ether oxygens (including phenoxy) is 2. The number of nitro benzene ring substituents is 1. The second-order valence-corrected chi connectivity index (χ2v) is 6.20. The molecule has 2 aromatic carbocycles. The first-order valence-corrected chi connectivity index (χ1v) is 8.29. The highest BCUT2D eigenvalue weighted by Crippen LogP contribution is 2.28. The number of carbonyl (C=O) groups is 2. The summed E-state index contributed by atoms with van der Waals surface area (Å²) in [5.41, 5.74) is -0.964. The van der Waals surface area contributed by atoms with E-state index in [1.165, 1.54) is 25.3 Å². The number of methoxy groups -OCH3 is 1. The Morgan fingerprint density at radius 1 is 1.21 bits per heavy atom. The lowest BCUT2D eigenvalue weighted by Gasteiger charge is -2.30. The Balaban J connectivity index is 2.17. The molecular formula is C19H20N2O7. The van der Waals surface area contributed by atoms with Gasteiger partial charge < -0.3 is 19.9 Å². The van der Waals surface area contributed by atoms with Crippen LogP contribution in [-0.2, 0) is 15.1 Å². The molecule has 1 unspecified atom stereocenters. The van der Waals surface area contributed by atoms with Crippen molar-refractivity contribution >= 4 is 17.6 Å². The molecule has 0 aromatic heterocycles. The van der Waals surface area contributed by atoms with E-state index in [0.29, 0.717) is 11.3 Å². The molecule has 0 bridgehead atoms. The minimum atomic E-state index is -1.23. The Morgan fingerprint density at radius 3 is 2.57 bits per heavy atom. The van der Waals surface area contributed by atoms with Crippen molar-refractivity contribution in [2.75, 3.05) is 13.7 Å². The second-order valence-electron chi connectivity index (χ2n) is 6.20. The van der Waals surface area contributed by atoms with Gasteiger partial charge in [-0.15, -0.1) is 0 Å². The Morgan fingerprint density at radius 2 is 1.93 bits per heavy atom. The van der Waals surface area contributed by atoms with Crippen LogP contribution in [0.2, 0.25) is 0 Å². The number of nitrogens with one attached hydrogen (secondary N) is 1. The zero-order valence-electron chi connectivity index (χ0n) is 15.4. The molecule has 0 heterocycles. The first-order valence-electron chi connectivity index (χ1n) is 8.29. The summed E-state index contributed by atoms with van der Waals surface area (Å²) in [6, 6.07) is 12.4. The minimum Gasteiger partial charge on any atom is -0.497 e. The van der Waals surface area contributed by atoms with Gasteiger partial charge in [0, 0.05) is 6.07 Å². The predicted octanol–water partition coefficient (Wildman–Crippen LogP) is 2.49. The normalized spacial score (nSPS) is 12.5. The second kappa shape index (κ2) is 8.85. The third-order valence-electron chi connectivity index (χ3n) is 4.05. The molecule has 9 heteroatoms. The van der Waals surface area contributed by atoms with E-state index in [1.807, 2.05) is 0 Å². The van der Waals surface area contributed by atoms with Crippen molar-refractivity contribution < 1.29 is 29.1 Å². The number of para-hydroxylation sites is 2. The summed E-state index contributed by atoms with van der Waals surface area (Å²) in [7, 11) is 1.48. The van der Waals surface area contributed by atoms with E-state index < -0.39 is 28.9 Å². The molecule has 0 saturated carbocycles. The summed E-state index contributed by atoms with van der Waals surface area (Å²) < 4.78 is 10.4. The number of aliphatic carboxylic acids is 1. The van der Waals surface area contributed by atoms with Crippen LogP contribution in [0.3, 0.4) is 0 Å². The molecule has 0 aliphatic rings. The molecule has 0 aliphatic carbocycles. The molecule has 28 heavy (non-hydrogen) atoms. The molecule has 1 atom stereocenters. The highest BCUT2D eigenvalue weighted by molar-refractivity contribution is 5.80. The number of hydrogen-bond acceptors (Lipinski definition) is 6. The van der Waals surface area contributed by atoms with Crippen LogP contribution in [0.25, 0.3) is 0 Å². The van der Waals surface area contributed by atoms with Gasteiger partial charge >= 0.3 is 11.7 Å². The van der Waals surface area contributed by atoms with Crippen molar-refractivity contribution in [1.82, 2.24) is 5.32 Å². The molecule has 0 saturated heterocycles. The van der Waals surface area contributed by atoms with E-state index in [-0.39, 0.29) is 17.9 Å². The number of nitro groups is 1. The molecule has 0 aliphatic heterocycles. The van der Waals surface area contributed by atoms with Gasteiger partial charge in [0.2, 0.25) is 0 Å². The average molecular weight is 388 g/mol. The molecule has 0 radical (unpaired) electrons. The summed E-state index contributed by atoms with van der Waals surface area (Å²) in [6.07, 6.45) is -0.378. The number of carboxylic acid groups (broad SMARTS) is 1. The van der Waals surface area contributed by atoms with Crippen molar-refractivity contribution in [1.29, 1.82) is 0 Å². The van der Waals surface area contributed by atoms with Gasteiger partial charge in [-0.2, -0.15) is 0 Å². The molecule has 1 amide bonds. The molecule has 9 nitrogen and oxygen atoms in total. The zero-order valence-corrected chi connectivity index (χ0v) is 15.4. The van der Waals surface area contributed by atoms with E-state index in [4.69, 9.17) is 9.47 Å². The van der Waals surface area contributed by atoms with E-state index >= 15 is 0 Å². The Hall–Kier alpha value is -3.62. The lowest BCUT2D eigenvalue weighted by atomic mass is 9.88. The molecule has 2 aromatic rings. The number of benzene rings is 2. The number of amides is 1. The van der Waals surface area contributed by atoms with E-state index in [0.717, 1.165) is 0 Å². The van der Waals surface area contributed by atoms with Crippen molar-refractivity contribution in [2.24, 2.45) is 0 Å². The van der Waals surface area contributed by atoms with Crippen LogP contribution in [0, 0.1) is 10.1 Å². The standard InChI is InChI=1S/C19H20N2O7/c1-19(11-18(23)24,13-6-5-7-14(10-13)27-2)20-17(22)12-28-16-9-4-3-8-15(16)21(25)26/h3-10H,11-12H2,1-2H3,(H,20,22)(H,23,24). The predicted molar refractivity (Wildman–Crippen MR) is 99.3 cm³/mol. The van der Waals surface area contributed by atoms with E-state index in [9.17, 15) is 24.8 Å². The van der Waals surface area contributed by atoms with Crippen LogP contribution in [0.4, 0.5) is 5.69 Å². The van der Waals surface area contributed by atoms with Gasteiger partial charge in [-0.3, -0.25) is 19.7 Å². The van der Waals surface area contributed by atoms with Gasteiger partial charge in [0.1, 0.15) is 5.75 Å². The van der Waals surface area contributed by atoms with Gasteiger partial charge in [0.25, 0.3) is 5.91 Å². The maximum atomic E-state index is 12.4. The van der Waals surface area contributed by atoms with E-state index in [1.54, 1.807) is 37.3 Å². The zero-order chi connectivity index (χ0) is 20.7. The minimum absolute atomic E-state index is 0.0519. The highest BCUT2D eigenvalue weighted by Gasteiger charge is 2.32. The first kappa shape index (κ1) is 20.7. The number of hydrogen-bond donors (Lipinski definition) is 2. The molecule has 2 N–H and O–H groups in total. The Labute approximate surface area is 161 Å². The molecule has 0 fully saturated rings. The number of rotatable bonds is 9. The number of carboxylic acids is 1. The summed E-state index contributed by atoms with van der Waals surface area (Å²) in [5, 5.41) is 22.9. The van der Waals surface area contributed by atoms with Crippen molar-refractivity contribution in [2.45, 2.75) is 18.9 Å². The Kier molecular flexibility index (Phi) is 6.54. The highest BCUT2D eigenvalue weighted by atomic mass is 16.6. The number of carbonyl (C=O) groups excluding carboxylic acids is 1. The quantitative estimate of drug-likeness (QED) is 0.499. The SMILES string of the molecule is COc1cccc(C(C)(CC(=O)O)NC(=O)COc2ccccc2[N+](=O)[O-])c1. The Bertz CT molecular complexity index is 884. The molecule has 2 rings (SSSR count). The third-order valence-corrected chi connectivity index (χ3v) is 4.05. The van der Waals surface area contributed by atoms with Crippen molar-refractivity contribution in [3.63, 3.8) is 0 Å². The van der Waals surface area contributed by atoms with Gasteiger partial charge in [-0.05, 0) is 30.7 Å². The third kappa shape index (κ3) is 5.19. The molecule has 148 valence electrons. The van der Waals surface area contributed by atoms with Crippen LogP contribution >= 0.6 is 0 Å². The van der Waals surface area contributed by atoms with Gasteiger partial charge in [-0.25, -0.2) is 0 Å². The molecular weight excluding hydrogens is 368 g/mol. The summed E-state index contributed by atoms with van der Waals surface area (Å²) in [6.45, 7) is 1.06. The lowest BCUT2D eigenvalue weighted by molar-refractivity contribution is -0.385. The maximum Gasteiger partial charge on any atom is 0.310 e. The maximum absolute atomic E-state index is 12.4. The van der Waals surface area contributed by atoms with Crippen molar-refractivity contribution in [3.8, 4) is 11.5 Å². The van der Waals surface area contributed by atoms with Crippen molar-refractivity contribution in [3.05, 3.63) is 64.2 Å². The van der Waals surface area contributed by atoms with Crippen LogP contribution in [0.5, 0.6) is 11.5 Å². The lowest BCUT2D eigenvalue weighted by Crippen LogP contribution is -2.46. The molecule has 0 spiro atoms. The van der Waals surface area contributed by atoms with Crippen LogP contribution in [0.15, 0.2) is 48.5 Å². The van der Waals surface area contributed by atoms with Crippen LogP contribution < -0.4 is 14.8 Å². The van der Waals surface area contributed by atoms with Crippen LogP contribution in [-0.4, -0.2) is 35.6 Å².